The third-order valence-electron chi connectivity index (χ3n) is 1.19. The Bertz CT molecular complexity index is 172. The lowest BCUT2D eigenvalue weighted by atomic mass is 10.2. The molecule has 0 aliphatic heterocycles. The van der Waals surface area contributed by atoms with Gasteiger partial charge in [0.2, 0.25) is 0 Å². The van der Waals surface area contributed by atoms with E-state index in [-0.39, 0.29) is 0 Å². The number of rotatable bonds is 4. The fraction of sp³-hybridized carbons (Fsp3) is 0.833. The molecule has 3 N–H and O–H groups in total. The second-order valence-corrected chi connectivity index (χ2v) is 2.38. The van der Waals surface area contributed by atoms with Crippen LogP contribution in [0.15, 0.2) is 0 Å². The maximum atomic E-state index is 11.5. The SMILES string of the molecule is CC[C@@H](N)C(=O)NOCC(F)(F)F. The molecule has 0 fully saturated rings. The molecular formula is C6H11F3N2O2. The molecule has 0 heterocycles. The van der Waals surface area contributed by atoms with E-state index in [2.05, 4.69) is 4.84 Å². The molecule has 7 heteroatoms. The average molecular weight is 200 g/mol. The first-order valence-corrected chi connectivity index (χ1v) is 3.60. The molecule has 1 amide bonds. The third-order valence-corrected chi connectivity index (χ3v) is 1.19. The minimum absolute atomic E-state index is 0.335. The molecule has 0 saturated heterocycles. The van der Waals surface area contributed by atoms with Crippen molar-refractivity contribution >= 4 is 5.91 Å². The van der Waals surface area contributed by atoms with Crippen LogP contribution in [0.3, 0.4) is 0 Å². The number of halogens is 3. The number of hydrogen-bond donors (Lipinski definition) is 2. The van der Waals surface area contributed by atoms with Crippen LogP contribution in [-0.2, 0) is 9.63 Å². The zero-order valence-corrected chi connectivity index (χ0v) is 7.02. The molecule has 0 radical (unpaired) electrons. The highest BCUT2D eigenvalue weighted by Crippen LogP contribution is 2.13. The molecule has 0 rings (SSSR count). The Hall–Kier alpha value is -0.820. The fourth-order valence-corrected chi connectivity index (χ4v) is 0.450. The van der Waals surface area contributed by atoms with Crippen LogP contribution in [0.1, 0.15) is 13.3 Å². The van der Waals surface area contributed by atoms with Crippen LogP contribution < -0.4 is 11.2 Å². The number of amides is 1. The maximum absolute atomic E-state index is 11.5. The number of nitrogens with one attached hydrogen (secondary N) is 1. The van der Waals surface area contributed by atoms with E-state index in [4.69, 9.17) is 5.73 Å². The van der Waals surface area contributed by atoms with Crippen molar-refractivity contribution in [2.24, 2.45) is 5.73 Å². The van der Waals surface area contributed by atoms with Crippen molar-refractivity contribution in [3.05, 3.63) is 0 Å². The standard InChI is InChI=1S/C6H11F3N2O2/c1-2-4(10)5(12)11-13-3-6(7,8)9/h4H,2-3,10H2,1H3,(H,11,12)/t4-/m1/s1. The lowest BCUT2D eigenvalue weighted by Crippen LogP contribution is -2.41. The highest BCUT2D eigenvalue weighted by molar-refractivity contribution is 5.80. The van der Waals surface area contributed by atoms with E-state index in [1.807, 2.05) is 0 Å². The predicted octanol–water partition coefficient (Wildman–Crippen LogP) is 0.334. The molecule has 0 saturated carbocycles. The molecule has 0 bridgehead atoms. The Labute approximate surface area is 73.2 Å². The second kappa shape index (κ2) is 5.03. The average Bonchev–Trinajstić information content (AvgIpc) is 2.00. The summed E-state index contributed by atoms with van der Waals surface area (Å²) in [6.07, 6.45) is -4.12. The first kappa shape index (κ1) is 12.2. The second-order valence-electron chi connectivity index (χ2n) is 2.38. The van der Waals surface area contributed by atoms with Crippen molar-refractivity contribution in [3.63, 3.8) is 0 Å². The summed E-state index contributed by atoms with van der Waals surface area (Å²) in [6.45, 7) is 0.114. The van der Waals surface area contributed by atoms with Gasteiger partial charge in [0.1, 0.15) is 0 Å². The van der Waals surface area contributed by atoms with Gasteiger partial charge in [-0.15, -0.1) is 0 Å². The molecule has 0 unspecified atom stereocenters. The summed E-state index contributed by atoms with van der Waals surface area (Å²) in [6, 6.07) is -0.840. The maximum Gasteiger partial charge on any atom is 0.414 e. The lowest BCUT2D eigenvalue weighted by Gasteiger charge is -2.11. The smallest absolute Gasteiger partial charge is 0.320 e. The number of alkyl halides is 3. The summed E-state index contributed by atoms with van der Waals surface area (Å²) in [4.78, 5) is 14.6. The van der Waals surface area contributed by atoms with Crippen LogP contribution in [0, 0.1) is 0 Å². The van der Waals surface area contributed by atoms with Crippen LogP contribution in [-0.4, -0.2) is 24.7 Å². The molecule has 13 heavy (non-hydrogen) atoms. The topological polar surface area (TPSA) is 64.4 Å². The van der Waals surface area contributed by atoms with Gasteiger partial charge in [0, 0.05) is 0 Å². The Morgan fingerprint density at radius 1 is 1.62 bits per heavy atom. The largest absolute Gasteiger partial charge is 0.414 e. The van der Waals surface area contributed by atoms with Crippen molar-refractivity contribution < 1.29 is 22.8 Å². The lowest BCUT2D eigenvalue weighted by molar-refractivity contribution is -0.192. The highest BCUT2D eigenvalue weighted by atomic mass is 19.4. The molecule has 0 aromatic carbocycles. The zero-order chi connectivity index (χ0) is 10.5. The minimum Gasteiger partial charge on any atom is -0.320 e. The predicted molar refractivity (Wildman–Crippen MR) is 38.4 cm³/mol. The minimum atomic E-state index is -4.45. The Balaban J connectivity index is 3.60. The summed E-state index contributed by atoms with van der Waals surface area (Å²) in [7, 11) is 0. The van der Waals surface area contributed by atoms with Gasteiger partial charge in [-0.05, 0) is 6.42 Å². The van der Waals surface area contributed by atoms with Gasteiger partial charge in [-0.1, -0.05) is 6.92 Å². The molecule has 78 valence electrons. The van der Waals surface area contributed by atoms with Crippen LogP contribution in [0.5, 0.6) is 0 Å². The van der Waals surface area contributed by atoms with Crippen LogP contribution >= 0.6 is 0 Å². The van der Waals surface area contributed by atoms with E-state index >= 15 is 0 Å². The monoisotopic (exact) mass is 200 g/mol. The van der Waals surface area contributed by atoms with Crippen molar-refractivity contribution in [3.8, 4) is 0 Å². The molecule has 0 aliphatic carbocycles. The van der Waals surface area contributed by atoms with Gasteiger partial charge in [-0.3, -0.25) is 9.63 Å². The van der Waals surface area contributed by atoms with Crippen LogP contribution in [0.4, 0.5) is 13.2 Å². The molecule has 4 nitrogen and oxygen atoms in total. The van der Waals surface area contributed by atoms with Crippen LogP contribution in [0.2, 0.25) is 0 Å². The summed E-state index contributed by atoms with van der Waals surface area (Å²) >= 11 is 0. The van der Waals surface area contributed by atoms with Crippen molar-refractivity contribution in [2.75, 3.05) is 6.61 Å². The van der Waals surface area contributed by atoms with Crippen LogP contribution in [0.25, 0.3) is 0 Å². The summed E-state index contributed by atoms with van der Waals surface area (Å²) < 4.78 is 34.4. The first-order valence-electron chi connectivity index (χ1n) is 3.60. The van der Waals surface area contributed by atoms with Gasteiger partial charge >= 0.3 is 6.18 Å². The fourth-order valence-electron chi connectivity index (χ4n) is 0.450. The van der Waals surface area contributed by atoms with E-state index in [1.165, 1.54) is 0 Å². The molecule has 0 aromatic rings. The summed E-state index contributed by atoms with van der Waals surface area (Å²) in [5, 5.41) is 0. The number of nitrogens with two attached hydrogens (primary N) is 1. The van der Waals surface area contributed by atoms with E-state index in [0.29, 0.717) is 6.42 Å². The third kappa shape index (κ3) is 6.35. The Morgan fingerprint density at radius 2 is 2.15 bits per heavy atom. The molecule has 0 aromatic heterocycles. The quantitative estimate of drug-likeness (QED) is 0.643. The van der Waals surface area contributed by atoms with E-state index in [9.17, 15) is 18.0 Å². The van der Waals surface area contributed by atoms with Crippen molar-refractivity contribution in [1.29, 1.82) is 0 Å². The molecule has 1 atom stereocenters. The Kier molecular flexibility index (Phi) is 4.71. The number of hydroxylamine groups is 1. The zero-order valence-electron chi connectivity index (χ0n) is 7.02. The van der Waals surface area contributed by atoms with Crippen molar-refractivity contribution in [2.45, 2.75) is 25.6 Å². The van der Waals surface area contributed by atoms with Gasteiger partial charge in [-0.25, -0.2) is 5.48 Å². The van der Waals surface area contributed by atoms with E-state index in [1.54, 1.807) is 12.4 Å². The van der Waals surface area contributed by atoms with Crippen molar-refractivity contribution in [1.82, 2.24) is 5.48 Å². The number of carbonyl (C=O) groups excluding carboxylic acids is 1. The van der Waals surface area contributed by atoms with E-state index in [0.717, 1.165) is 0 Å². The molecular weight excluding hydrogens is 189 g/mol. The number of carbonyl (C=O) groups is 1. The Morgan fingerprint density at radius 3 is 2.54 bits per heavy atom. The van der Waals surface area contributed by atoms with Gasteiger partial charge in [0.25, 0.3) is 5.91 Å². The van der Waals surface area contributed by atoms with Gasteiger partial charge in [-0.2, -0.15) is 13.2 Å². The van der Waals surface area contributed by atoms with Gasteiger partial charge < -0.3 is 5.73 Å². The normalized spacial score (nSPS) is 13.9. The van der Waals surface area contributed by atoms with Gasteiger partial charge in [0.15, 0.2) is 6.61 Å². The summed E-state index contributed by atoms with van der Waals surface area (Å²) in [5.74, 6) is -0.758. The van der Waals surface area contributed by atoms with E-state index < -0.39 is 24.7 Å². The molecule has 0 aliphatic rings. The molecule has 0 spiro atoms. The first-order chi connectivity index (χ1) is 5.87. The highest BCUT2D eigenvalue weighted by Gasteiger charge is 2.28. The summed E-state index contributed by atoms with van der Waals surface area (Å²) in [5.41, 5.74) is 6.80. The van der Waals surface area contributed by atoms with Gasteiger partial charge in [0.05, 0.1) is 6.04 Å². The number of hydrogen-bond acceptors (Lipinski definition) is 3.